The van der Waals surface area contributed by atoms with Crippen LogP contribution in [0.5, 0.6) is 0 Å². The highest BCUT2D eigenvalue weighted by Gasteiger charge is 2.07. The molecular weight excluding hydrogens is 537 g/mol. The molecule has 0 bridgehead atoms. The Kier molecular flexibility index (Phi) is 13.9. The van der Waals surface area contributed by atoms with Crippen LogP contribution in [0.3, 0.4) is 0 Å². The molecule has 0 saturated carbocycles. The first-order valence-corrected chi connectivity index (χ1v) is 12.0. The van der Waals surface area contributed by atoms with Gasteiger partial charge in [0.2, 0.25) is 0 Å². The number of benzene rings is 2. The third-order valence-electron chi connectivity index (χ3n) is 5.35. The number of aliphatic imine (C=N–C) groups is 1. The molecule has 2 aromatic carbocycles. The van der Waals surface area contributed by atoms with E-state index >= 15 is 0 Å². The monoisotopic (exact) mass is 575 g/mol. The van der Waals surface area contributed by atoms with Gasteiger partial charge in [-0.25, -0.2) is 0 Å². The number of rotatable bonds is 14. The number of hydrogen-bond acceptors (Lipinski definition) is 4. The molecule has 3 aromatic rings. The van der Waals surface area contributed by atoms with Crippen LogP contribution in [-0.4, -0.2) is 51.8 Å². The number of halogens is 1. The van der Waals surface area contributed by atoms with Gasteiger partial charge in [-0.15, -0.1) is 34.2 Å². The van der Waals surface area contributed by atoms with Crippen LogP contribution in [0.2, 0.25) is 0 Å². The summed E-state index contributed by atoms with van der Waals surface area (Å²) in [4.78, 5) is 7.30. The maximum absolute atomic E-state index is 4.79. The predicted molar refractivity (Wildman–Crippen MR) is 150 cm³/mol. The molecule has 7 nitrogen and oxygen atoms in total. The minimum Gasteiger partial charge on any atom is -0.357 e. The second-order valence-electron chi connectivity index (χ2n) is 8.13. The molecule has 0 amide bonds. The van der Waals surface area contributed by atoms with Crippen molar-refractivity contribution in [2.75, 3.05) is 26.2 Å². The summed E-state index contributed by atoms with van der Waals surface area (Å²) in [7, 11) is 0. The number of nitrogens with one attached hydrogen (secondary N) is 2. The van der Waals surface area contributed by atoms with E-state index in [0.29, 0.717) is 0 Å². The molecule has 0 aliphatic carbocycles. The van der Waals surface area contributed by atoms with E-state index in [1.54, 1.807) is 12.7 Å². The summed E-state index contributed by atoms with van der Waals surface area (Å²) in [5.74, 6) is 0.902. The average molecular weight is 576 g/mol. The Hall–Kier alpha value is -2.46. The normalized spacial score (nSPS) is 11.3. The molecule has 8 heteroatoms. The van der Waals surface area contributed by atoms with Crippen molar-refractivity contribution in [2.45, 2.75) is 45.8 Å². The van der Waals surface area contributed by atoms with Crippen LogP contribution < -0.4 is 10.6 Å². The minimum atomic E-state index is 0. The van der Waals surface area contributed by atoms with Crippen molar-refractivity contribution in [1.29, 1.82) is 0 Å². The quantitative estimate of drug-likeness (QED) is 0.130. The third kappa shape index (κ3) is 11.1. The van der Waals surface area contributed by atoms with Crippen molar-refractivity contribution in [3.8, 4) is 0 Å². The fourth-order valence-electron chi connectivity index (χ4n) is 3.69. The van der Waals surface area contributed by atoms with Crippen LogP contribution in [0.1, 0.15) is 37.3 Å². The first-order valence-electron chi connectivity index (χ1n) is 12.0. The van der Waals surface area contributed by atoms with Crippen LogP contribution >= 0.6 is 24.0 Å². The van der Waals surface area contributed by atoms with E-state index in [-0.39, 0.29) is 24.0 Å². The van der Waals surface area contributed by atoms with Crippen molar-refractivity contribution >= 4 is 29.9 Å². The van der Waals surface area contributed by atoms with Gasteiger partial charge in [0.1, 0.15) is 12.7 Å². The smallest absolute Gasteiger partial charge is 0.191 e. The lowest BCUT2D eigenvalue weighted by Gasteiger charge is -2.22. The predicted octanol–water partition coefficient (Wildman–Crippen LogP) is 4.32. The van der Waals surface area contributed by atoms with E-state index in [4.69, 9.17) is 4.99 Å². The summed E-state index contributed by atoms with van der Waals surface area (Å²) in [5, 5.41) is 14.5. The molecule has 2 N–H and O–H groups in total. The van der Waals surface area contributed by atoms with Crippen LogP contribution in [-0.2, 0) is 19.6 Å². The second kappa shape index (κ2) is 17.0. The lowest BCUT2D eigenvalue weighted by atomic mass is 10.1. The SMILES string of the molecule is CCNC(=NCCCN(Cc1ccccc1)Cc1ccccc1)NCCCCn1cnnc1.I. The number of guanidine groups is 1. The largest absolute Gasteiger partial charge is 0.357 e. The molecule has 0 fully saturated rings. The first kappa shape index (κ1) is 27.8. The molecular formula is C26H38IN7. The lowest BCUT2D eigenvalue weighted by Crippen LogP contribution is -2.38. The maximum atomic E-state index is 4.79. The molecule has 1 heterocycles. The van der Waals surface area contributed by atoms with Crippen LogP contribution in [0, 0.1) is 0 Å². The second-order valence-corrected chi connectivity index (χ2v) is 8.13. The Bertz CT molecular complexity index is 860. The van der Waals surface area contributed by atoms with E-state index in [1.807, 2.05) is 4.57 Å². The number of nitrogens with zero attached hydrogens (tertiary/aromatic N) is 5. The molecule has 34 heavy (non-hydrogen) atoms. The van der Waals surface area contributed by atoms with Crippen molar-refractivity contribution in [2.24, 2.45) is 4.99 Å². The number of aryl methyl sites for hydroxylation is 1. The summed E-state index contributed by atoms with van der Waals surface area (Å²) in [6, 6.07) is 21.4. The van der Waals surface area contributed by atoms with Gasteiger partial charge in [-0.1, -0.05) is 60.7 Å². The van der Waals surface area contributed by atoms with E-state index < -0.39 is 0 Å². The maximum Gasteiger partial charge on any atom is 0.191 e. The average Bonchev–Trinajstić information content (AvgIpc) is 3.36. The zero-order valence-electron chi connectivity index (χ0n) is 20.1. The number of hydrogen-bond donors (Lipinski definition) is 2. The van der Waals surface area contributed by atoms with E-state index in [2.05, 4.69) is 93.3 Å². The summed E-state index contributed by atoms with van der Waals surface area (Å²) in [6.45, 7) is 8.52. The Morgan fingerprint density at radius 1 is 0.853 bits per heavy atom. The molecule has 0 saturated heterocycles. The molecule has 0 aliphatic heterocycles. The number of aromatic nitrogens is 3. The van der Waals surface area contributed by atoms with Crippen molar-refractivity contribution in [3.63, 3.8) is 0 Å². The molecule has 0 atom stereocenters. The number of unbranched alkanes of at least 4 members (excludes halogenated alkanes) is 1. The molecule has 0 spiro atoms. The van der Waals surface area contributed by atoms with Crippen molar-refractivity contribution in [3.05, 3.63) is 84.4 Å². The van der Waals surface area contributed by atoms with Crippen LogP contribution in [0.4, 0.5) is 0 Å². The van der Waals surface area contributed by atoms with Crippen LogP contribution in [0.15, 0.2) is 78.3 Å². The van der Waals surface area contributed by atoms with Gasteiger partial charge < -0.3 is 15.2 Å². The molecule has 184 valence electrons. The Balaban J connectivity index is 0.00000408. The van der Waals surface area contributed by atoms with Crippen molar-refractivity contribution < 1.29 is 0 Å². The zero-order chi connectivity index (χ0) is 23.0. The standard InChI is InChI=1S/C26H37N7.HI/c1-2-27-26(28-16-9-10-18-33-22-30-31-23-33)29-17-11-19-32(20-24-12-5-3-6-13-24)21-25-14-7-4-8-15-25;/h3-8,12-15,22-23H,2,9-11,16-21H2,1H3,(H2,27,28,29);1H. The van der Waals surface area contributed by atoms with Gasteiger partial charge in [0.25, 0.3) is 0 Å². The highest BCUT2D eigenvalue weighted by atomic mass is 127. The summed E-state index contributed by atoms with van der Waals surface area (Å²) in [6.07, 6.45) is 6.70. The first-order chi connectivity index (χ1) is 16.3. The molecule has 3 rings (SSSR count). The lowest BCUT2D eigenvalue weighted by molar-refractivity contribution is 0.255. The van der Waals surface area contributed by atoms with E-state index in [9.17, 15) is 0 Å². The topological polar surface area (TPSA) is 70.4 Å². The van der Waals surface area contributed by atoms with Gasteiger partial charge >= 0.3 is 0 Å². The summed E-state index contributed by atoms with van der Waals surface area (Å²) >= 11 is 0. The van der Waals surface area contributed by atoms with Crippen molar-refractivity contribution in [1.82, 2.24) is 30.3 Å². The Morgan fingerprint density at radius 3 is 2.06 bits per heavy atom. The van der Waals surface area contributed by atoms with Gasteiger partial charge in [-0.05, 0) is 37.3 Å². The third-order valence-corrected chi connectivity index (χ3v) is 5.35. The van der Waals surface area contributed by atoms with Gasteiger partial charge in [0, 0.05) is 45.8 Å². The highest BCUT2D eigenvalue weighted by molar-refractivity contribution is 14.0. The Labute approximate surface area is 221 Å². The summed E-state index contributed by atoms with van der Waals surface area (Å²) < 4.78 is 2.01. The van der Waals surface area contributed by atoms with Gasteiger partial charge in [-0.3, -0.25) is 9.89 Å². The minimum absolute atomic E-state index is 0. The Morgan fingerprint density at radius 2 is 1.47 bits per heavy atom. The zero-order valence-corrected chi connectivity index (χ0v) is 22.5. The highest BCUT2D eigenvalue weighted by Crippen LogP contribution is 2.10. The van der Waals surface area contributed by atoms with Gasteiger partial charge in [0.15, 0.2) is 5.96 Å². The molecule has 0 unspecified atom stereocenters. The fraction of sp³-hybridized carbons (Fsp3) is 0.423. The van der Waals surface area contributed by atoms with Gasteiger partial charge in [-0.2, -0.15) is 0 Å². The summed E-state index contributed by atoms with van der Waals surface area (Å²) in [5.41, 5.74) is 2.69. The molecule has 0 radical (unpaired) electrons. The fourth-order valence-corrected chi connectivity index (χ4v) is 3.69. The molecule has 0 aliphatic rings. The van der Waals surface area contributed by atoms with E-state index in [1.165, 1.54) is 11.1 Å². The van der Waals surface area contributed by atoms with Gasteiger partial charge in [0.05, 0.1) is 0 Å². The molecule has 1 aromatic heterocycles. The van der Waals surface area contributed by atoms with Crippen LogP contribution in [0.25, 0.3) is 0 Å². The van der Waals surface area contributed by atoms with E-state index in [0.717, 1.165) is 71.0 Å².